The van der Waals surface area contributed by atoms with Crippen LogP contribution in [0, 0.1) is 0 Å². The van der Waals surface area contributed by atoms with Crippen molar-refractivity contribution in [2.45, 2.75) is 31.3 Å². The number of nitrogens with one attached hydrogen (secondary N) is 1. The quantitative estimate of drug-likeness (QED) is 0.711. The number of hydrogen-bond donors (Lipinski definition) is 1. The third-order valence-electron chi connectivity index (χ3n) is 4.46. The van der Waals surface area contributed by atoms with Gasteiger partial charge in [0.2, 0.25) is 0 Å². The van der Waals surface area contributed by atoms with Gasteiger partial charge in [0, 0.05) is 22.6 Å². The van der Waals surface area contributed by atoms with Crippen molar-refractivity contribution < 1.29 is 0 Å². The Bertz CT molecular complexity index is 555. The van der Waals surface area contributed by atoms with Gasteiger partial charge in [0.1, 0.15) is 0 Å². The van der Waals surface area contributed by atoms with E-state index in [1.54, 1.807) is 5.56 Å². The molecule has 2 atom stereocenters. The van der Waals surface area contributed by atoms with Gasteiger partial charge in [0.05, 0.1) is 6.04 Å². The summed E-state index contributed by atoms with van der Waals surface area (Å²) in [6.45, 7) is 0. The van der Waals surface area contributed by atoms with Crippen molar-refractivity contribution in [2.24, 2.45) is 0 Å². The summed E-state index contributed by atoms with van der Waals surface area (Å²) in [7, 11) is 2.27. The third kappa shape index (κ3) is 0.957. The highest BCUT2D eigenvalue weighted by atomic mass is 15.2. The van der Waals surface area contributed by atoms with E-state index in [0.717, 1.165) is 6.04 Å². The van der Waals surface area contributed by atoms with Crippen LogP contribution in [0.2, 0.25) is 0 Å². The van der Waals surface area contributed by atoms with Crippen LogP contribution in [0.25, 0.3) is 10.9 Å². The van der Waals surface area contributed by atoms with Gasteiger partial charge in [-0.1, -0.05) is 18.2 Å². The van der Waals surface area contributed by atoms with E-state index in [1.807, 2.05) is 0 Å². The van der Waals surface area contributed by atoms with Gasteiger partial charge in [-0.3, -0.25) is 4.90 Å². The van der Waals surface area contributed by atoms with Crippen molar-refractivity contribution in [1.29, 1.82) is 0 Å². The van der Waals surface area contributed by atoms with Gasteiger partial charge >= 0.3 is 0 Å². The van der Waals surface area contributed by atoms with Crippen LogP contribution < -0.4 is 0 Å². The fraction of sp³-hybridized carbons (Fsp3) is 0.429. The molecule has 3 heterocycles. The average molecular weight is 212 g/mol. The summed E-state index contributed by atoms with van der Waals surface area (Å²) >= 11 is 0. The van der Waals surface area contributed by atoms with Crippen molar-refractivity contribution in [2.75, 3.05) is 7.05 Å². The van der Waals surface area contributed by atoms with Gasteiger partial charge in [-0.15, -0.1) is 0 Å². The third-order valence-corrected chi connectivity index (χ3v) is 4.46. The van der Waals surface area contributed by atoms with Gasteiger partial charge in [0.15, 0.2) is 0 Å². The molecule has 1 fully saturated rings. The average Bonchev–Trinajstić information content (AvgIpc) is 2.77. The highest BCUT2D eigenvalue weighted by Crippen LogP contribution is 2.44. The molecule has 2 aliphatic rings. The summed E-state index contributed by atoms with van der Waals surface area (Å²) in [5, 5.41) is 1.45. The molecule has 0 spiro atoms. The molecule has 1 saturated heterocycles. The van der Waals surface area contributed by atoms with Crippen molar-refractivity contribution >= 4 is 10.9 Å². The number of likely N-dealkylation sites (N-methyl/N-ethyl adjacent to an activating group) is 1. The summed E-state index contributed by atoms with van der Waals surface area (Å²) < 4.78 is 0. The van der Waals surface area contributed by atoms with E-state index < -0.39 is 0 Å². The molecule has 2 aromatic rings. The highest BCUT2D eigenvalue weighted by Gasteiger charge is 2.39. The monoisotopic (exact) mass is 212 g/mol. The Labute approximate surface area is 95.3 Å². The fourth-order valence-corrected chi connectivity index (χ4v) is 3.57. The number of aromatic amines is 1. The van der Waals surface area contributed by atoms with Crippen LogP contribution in [0.4, 0.5) is 0 Å². The van der Waals surface area contributed by atoms with E-state index in [2.05, 4.69) is 41.2 Å². The molecule has 1 aromatic heterocycles. The summed E-state index contributed by atoms with van der Waals surface area (Å²) in [6, 6.07) is 10.1. The van der Waals surface area contributed by atoms with Crippen molar-refractivity contribution in [3.05, 3.63) is 35.5 Å². The lowest BCUT2D eigenvalue weighted by Crippen LogP contribution is -2.33. The molecule has 0 aliphatic carbocycles. The smallest absolute Gasteiger partial charge is 0.0502 e. The maximum Gasteiger partial charge on any atom is 0.0502 e. The number of H-pyrrole nitrogens is 1. The molecule has 0 saturated carbocycles. The summed E-state index contributed by atoms with van der Waals surface area (Å²) in [5.74, 6) is 0. The Morgan fingerprint density at radius 2 is 2.12 bits per heavy atom. The minimum Gasteiger partial charge on any atom is -0.357 e. The Hall–Kier alpha value is -1.28. The normalized spacial score (nSPS) is 28.6. The van der Waals surface area contributed by atoms with Crippen LogP contribution in [0.5, 0.6) is 0 Å². The first kappa shape index (κ1) is 8.82. The van der Waals surface area contributed by atoms with Crippen molar-refractivity contribution in [1.82, 2.24) is 9.88 Å². The largest absolute Gasteiger partial charge is 0.357 e. The number of benzene rings is 1. The second-order valence-electron chi connectivity index (χ2n) is 5.18. The fourth-order valence-electron chi connectivity index (χ4n) is 3.57. The minimum atomic E-state index is 0.640. The summed E-state index contributed by atoms with van der Waals surface area (Å²) in [6.07, 6.45) is 3.91. The SMILES string of the molecule is CN1C2CCC1c1[nH]c3ccccc3c1C2. The van der Waals surface area contributed by atoms with Crippen LogP contribution in [0.1, 0.15) is 30.1 Å². The number of fused-ring (bicyclic) bond motifs is 6. The van der Waals surface area contributed by atoms with Gasteiger partial charge in [-0.2, -0.15) is 0 Å². The molecule has 2 unspecified atom stereocenters. The number of nitrogens with zero attached hydrogens (tertiary/aromatic N) is 1. The zero-order valence-electron chi connectivity index (χ0n) is 9.53. The molecule has 2 nitrogen and oxygen atoms in total. The van der Waals surface area contributed by atoms with Gasteiger partial charge in [-0.25, -0.2) is 0 Å². The van der Waals surface area contributed by atoms with Gasteiger partial charge in [-0.05, 0) is 37.9 Å². The molecule has 2 aliphatic heterocycles. The molecule has 2 heteroatoms. The highest BCUT2D eigenvalue weighted by molar-refractivity contribution is 5.85. The van der Waals surface area contributed by atoms with Crippen LogP contribution in [0.3, 0.4) is 0 Å². The number of rotatable bonds is 0. The first-order valence-corrected chi connectivity index (χ1v) is 6.16. The Balaban J connectivity index is 2.01. The maximum atomic E-state index is 3.63. The Morgan fingerprint density at radius 3 is 3.06 bits per heavy atom. The first-order chi connectivity index (χ1) is 7.84. The second-order valence-corrected chi connectivity index (χ2v) is 5.18. The lowest BCUT2D eigenvalue weighted by Gasteiger charge is -2.31. The number of hydrogen-bond acceptors (Lipinski definition) is 1. The molecule has 1 N–H and O–H groups in total. The van der Waals surface area contributed by atoms with E-state index in [-0.39, 0.29) is 0 Å². The molecule has 0 amide bonds. The predicted octanol–water partition coefficient (Wildman–Crippen LogP) is 2.86. The van der Waals surface area contributed by atoms with E-state index in [1.165, 1.54) is 35.9 Å². The number of para-hydroxylation sites is 1. The minimum absolute atomic E-state index is 0.640. The van der Waals surface area contributed by atoms with Crippen LogP contribution in [-0.4, -0.2) is 23.0 Å². The molecule has 4 rings (SSSR count). The van der Waals surface area contributed by atoms with Gasteiger partial charge in [0.25, 0.3) is 0 Å². The summed E-state index contributed by atoms with van der Waals surface area (Å²) in [5.41, 5.74) is 4.38. The molecule has 2 bridgehead atoms. The van der Waals surface area contributed by atoms with Crippen LogP contribution >= 0.6 is 0 Å². The predicted molar refractivity (Wildman–Crippen MR) is 65.5 cm³/mol. The second kappa shape index (κ2) is 2.89. The molecular formula is C14H16N2. The van der Waals surface area contributed by atoms with Crippen molar-refractivity contribution in [3.8, 4) is 0 Å². The van der Waals surface area contributed by atoms with Crippen molar-refractivity contribution in [3.63, 3.8) is 0 Å². The first-order valence-electron chi connectivity index (χ1n) is 6.16. The van der Waals surface area contributed by atoms with Crippen LogP contribution in [0.15, 0.2) is 24.3 Å². The topological polar surface area (TPSA) is 19.0 Å². The molecule has 1 aromatic carbocycles. The molecular weight excluding hydrogens is 196 g/mol. The standard InChI is InChI=1S/C14H16N2/c1-16-9-6-7-13(16)14-11(8-9)10-4-2-3-5-12(10)15-14/h2-5,9,13,15H,6-8H2,1H3. The van der Waals surface area contributed by atoms with Gasteiger partial charge < -0.3 is 4.98 Å². The zero-order valence-corrected chi connectivity index (χ0v) is 9.53. The Morgan fingerprint density at radius 1 is 1.25 bits per heavy atom. The maximum absolute atomic E-state index is 3.63. The number of aromatic nitrogens is 1. The molecule has 82 valence electrons. The molecule has 16 heavy (non-hydrogen) atoms. The van der Waals surface area contributed by atoms with E-state index in [0.29, 0.717) is 6.04 Å². The van der Waals surface area contributed by atoms with E-state index in [4.69, 9.17) is 0 Å². The lowest BCUT2D eigenvalue weighted by molar-refractivity contribution is 0.222. The zero-order chi connectivity index (χ0) is 10.7. The lowest BCUT2D eigenvalue weighted by atomic mass is 9.98. The van der Waals surface area contributed by atoms with E-state index >= 15 is 0 Å². The summed E-state index contributed by atoms with van der Waals surface area (Å²) in [4.78, 5) is 6.19. The molecule has 0 radical (unpaired) electrons. The van der Waals surface area contributed by atoms with Crippen LogP contribution in [-0.2, 0) is 6.42 Å². The Kier molecular flexibility index (Phi) is 1.59. The van der Waals surface area contributed by atoms with E-state index in [9.17, 15) is 0 Å².